The molecule has 114 valence electrons. The zero-order valence-corrected chi connectivity index (χ0v) is 13.0. The summed E-state index contributed by atoms with van der Waals surface area (Å²) in [5.41, 5.74) is 1.13. The number of ether oxygens (including phenoxy) is 2. The van der Waals surface area contributed by atoms with E-state index >= 15 is 0 Å². The van der Waals surface area contributed by atoms with E-state index in [1.165, 1.54) is 38.5 Å². The molecule has 1 aromatic carbocycles. The van der Waals surface area contributed by atoms with Crippen LogP contribution in [0.25, 0.3) is 0 Å². The Labute approximate surface area is 123 Å². The predicted octanol–water partition coefficient (Wildman–Crippen LogP) is 4.48. The smallest absolute Gasteiger partial charge is 0.121 e. The Hall–Kier alpha value is -1.22. The van der Waals surface area contributed by atoms with E-state index in [9.17, 15) is 0 Å². The first-order valence-electron chi connectivity index (χ1n) is 7.82. The van der Waals surface area contributed by atoms with Gasteiger partial charge in [0.2, 0.25) is 0 Å². The first kappa shape index (κ1) is 16.8. The lowest BCUT2D eigenvalue weighted by Gasteiger charge is -2.09. The Balaban J connectivity index is 2.14. The maximum Gasteiger partial charge on any atom is 0.121 e. The Morgan fingerprint density at radius 2 is 1.80 bits per heavy atom. The van der Waals surface area contributed by atoms with Crippen LogP contribution in [-0.2, 0) is 4.74 Å². The van der Waals surface area contributed by atoms with Gasteiger partial charge in [-0.25, -0.2) is 0 Å². The highest BCUT2D eigenvalue weighted by Gasteiger charge is 1.97. The fourth-order valence-electron chi connectivity index (χ4n) is 2.08. The average molecular weight is 279 g/mol. The molecule has 1 N–H and O–H groups in total. The number of benzene rings is 1. The molecule has 0 aliphatic heterocycles. The lowest BCUT2D eigenvalue weighted by Crippen LogP contribution is -2.05. The summed E-state index contributed by atoms with van der Waals surface area (Å²) in [6, 6.07) is 8.13. The average Bonchev–Trinajstić information content (AvgIpc) is 2.47. The summed E-state index contributed by atoms with van der Waals surface area (Å²) in [7, 11) is 1.68. The lowest BCUT2D eigenvalue weighted by atomic mass is 10.1. The molecule has 0 fully saturated rings. The summed E-state index contributed by atoms with van der Waals surface area (Å²) in [5.74, 6) is 0.898. The number of methoxy groups -OCH3 is 1. The summed E-state index contributed by atoms with van der Waals surface area (Å²) in [6.45, 7) is 4.50. The molecule has 0 aliphatic rings. The molecule has 3 nitrogen and oxygen atoms in total. The highest BCUT2D eigenvalue weighted by Crippen LogP contribution is 2.17. The third kappa shape index (κ3) is 8.05. The first-order chi connectivity index (χ1) is 9.86. The molecule has 0 atom stereocenters. The van der Waals surface area contributed by atoms with E-state index in [0.717, 1.165) is 18.0 Å². The molecule has 0 spiro atoms. The van der Waals surface area contributed by atoms with Crippen molar-refractivity contribution in [1.82, 2.24) is 0 Å². The van der Waals surface area contributed by atoms with E-state index in [0.29, 0.717) is 13.2 Å². The number of anilines is 1. The minimum Gasteiger partial charge on any atom is -0.491 e. The van der Waals surface area contributed by atoms with Crippen molar-refractivity contribution >= 4 is 5.69 Å². The second-order valence-corrected chi connectivity index (χ2v) is 5.06. The molecule has 3 heteroatoms. The normalized spacial score (nSPS) is 10.5. The summed E-state index contributed by atoms with van der Waals surface area (Å²) < 4.78 is 10.6. The molecule has 0 aliphatic carbocycles. The summed E-state index contributed by atoms with van der Waals surface area (Å²) in [4.78, 5) is 0. The van der Waals surface area contributed by atoms with E-state index in [4.69, 9.17) is 9.47 Å². The van der Waals surface area contributed by atoms with E-state index in [1.807, 2.05) is 18.2 Å². The minimum atomic E-state index is 0.595. The molecule has 0 saturated heterocycles. The number of nitrogens with one attached hydrogen (secondary N) is 1. The lowest BCUT2D eigenvalue weighted by molar-refractivity contribution is 0.146. The second-order valence-electron chi connectivity index (χ2n) is 5.06. The first-order valence-corrected chi connectivity index (χ1v) is 7.82. The van der Waals surface area contributed by atoms with E-state index in [-0.39, 0.29) is 0 Å². The van der Waals surface area contributed by atoms with Crippen LogP contribution in [0.1, 0.15) is 45.4 Å². The van der Waals surface area contributed by atoms with Crippen LogP contribution in [0.2, 0.25) is 0 Å². The van der Waals surface area contributed by atoms with Gasteiger partial charge >= 0.3 is 0 Å². The van der Waals surface area contributed by atoms with Gasteiger partial charge in [0, 0.05) is 25.4 Å². The van der Waals surface area contributed by atoms with Crippen LogP contribution >= 0.6 is 0 Å². The van der Waals surface area contributed by atoms with Crippen molar-refractivity contribution in [2.24, 2.45) is 0 Å². The monoisotopic (exact) mass is 279 g/mol. The van der Waals surface area contributed by atoms with Gasteiger partial charge in [-0.05, 0) is 18.6 Å². The van der Waals surface area contributed by atoms with Gasteiger partial charge in [-0.15, -0.1) is 0 Å². The fraction of sp³-hybridized carbons (Fsp3) is 0.647. The van der Waals surface area contributed by atoms with Crippen molar-refractivity contribution in [3.63, 3.8) is 0 Å². The van der Waals surface area contributed by atoms with Gasteiger partial charge in [0.25, 0.3) is 0 Å². The standard InChI is InChI=1S/C17H29NO2/c1-3-4-5-6-7-8-12-18-16-10-9-11-17(15-16)20-14-13-19-2/h9-11,15,18H,3-8,12-14H2,1-2H3. The maximum atomic E-state index is 5.59. The maximum absolute atomic E-state index is 5.59. The molecule has 0 unspecified atom stereocenters. The number of hydrogen-bond acceptors (Lipinski definition) is 3. The van der Waals surface area contributed by atoms with Crippen LogP contribution in [-0.4, -0.2) is 26.9 Å². The number of rotatable bonds is 12. The van der Waals surface area contributed by atoms with Gasteiger partial charge < -0.3 is 14.8 Å². The Kier molecular flexibility index (Phi) is 9.76. The van der Waals surface area contributed by atoms with Gasteiger partial charge in [-0.1, -0.05) is 45.1 Å². The summed E-state index contributed by atoms with van der Waals surface area (Å²) >= 11 is 0. The number of unbranched alkanes of at least 4 members (excludes halogenated alkanes) is 5. The SMILES string of the molecule is CCCCCCCCNc1cccc(OCCOC)c1. The molecule has 0 heterocycles. The number of hydrogen-bond donors (Lipinski definition) is 1. The third-order valence-electron chi connectivity index (χ3n) is 3.25. The Morgan fingerprint density at radius 1 is 1.00 bits per heavy atom. The van der Waals surface area contributed by atoms with Crippen molar-refractivity contribution in [1.29, 1.82) is 0 Å². The van der Waals surface area contributed by atoms with Crippen LogP contribution < -0.4 is 10.1 Å². The highest BCUT2D eigenvalue weighted by atomic mass is 16.5. The quantitative estimate of drug-likeness (QED) is 0.572. The van der Waals surface area contributed by atoms with Crippen LogP contribution in [0, 0.1) is 0 Å². The Morgan fingerprint density at radius 3 is 2.60 bits per heavy atom. The molecular formula is C17H29NO2. The highest BCUT2D eigenvalue weighted by molar-refractivity contribution is 5.48. The molecule has 0 radical (unpaired) electrons. The Bertz CT molecular complexity index is 342. The van der Waals surface area contributed by atoms with Crippen LogP contribution in [0.5, 0.6) is 5.75 Å². The zero-order valence-electron chi connectivity index (χ0n) is 13.0. The van der Waals surface area contributed by atoms with Gasteiger partial charge in [-0.2, -0.15) is 0 Å². The molecular weight excluding hydrogens is 250 g/mol. The van der Waals surface area contributed by atoms with Crippen LogP contribution in [0.3, 0.4) is 0 Å². The van der Waals surface area contributed by atoms with Crippen molar-refractivity contribution in [2.45, 2.75) is 45.4 Å². The molecule has 20 heavy (non-hydrogen) atoms. The van der Waals surface area contributed by atoms with E-state index in [1.54, 1.807) is 7.11 Å². The minimum absolute atomic E-state index is 0.595. The largest absolute Gasteiger partial charge is 0.491 e. The summed E-state index contributed by atoms with van der Waals surface area (Å²) in [5, 5.41) is 3.46. The third-order valence-corrected chi connectivity index (χ3v) is 3.25. The van der Waals surface area contributed by atoms with Crippen molar-refractivity contribution in [3.05, 3.63) is 24.3 Å². The molecule has 0 aromatic heterocycles. The molecule has 1 aromatic rings. The van der Waals surface area contributed by atoms with E-state index < -0.39 is 0 Å². The van der Waals surface area contributed by atoms with Crippen molar-refractivity contribution < 1.29 is 9.47 Å². The molecule has 1 rings (SSSR count). The van der Waals surface area contributed by atoms with Gasteiger partial charge in [0.1, 0.15) is 12.4 Å². The zero-order chi connectivity index (χ0) is 14.5. The van der Waals surface area contributed by atoms with Gasteiger partial charge in [-0.3, -0.25) is 0 Å². The van der Waals surface area contributed by atoms with Crippen molar-refractivity contribution in [2.75, 3.05) is 32.2 Å². The molecule has 0 saturated carbocycles. The summed E-state index contributed by atoms with van der Waals surface area (Å²) in [6.07, 6.45) is 7.97. The molecule has 0 amide bonds. The van der Waals surface area contributed by atoms with E-state index in [2.05, 4.69) is 18.3 Å². The van der Waals surface area contributed by atoms with Gasteiger partial charge in [0.15, 0.2) is 0 Å². The van der Waals surface area contributed by atoms with Crippen molar-refractivity contribution in [3.8, 4) is 5.75 Å². The van der Waals surface area contributed by atoms with Crippen LogP contribution in [0.4, 0.5) is 5.69 Å². The van der Waals surface area contributed by atoms with Crippen LogP contribution in [0.15, 0.2) is 24.3 Å². The predicted molar refractivity (Wildman–Crippen MR) is 85.7 cm³/mol. The fourth-order valence-corrected chi connectivity index (χ4v) is 2.08. The second kappa shape index (κ2) is 11.6. The topological polar surface area (TPSA) is 30.5 Å². The molecule has 0 bridgehead atoms. The van der Waals surface area contributed by atoms with Gasteiger partial charge in [0.05, 0.1) is 6.61 Å².